The van der Waals surface area contributed by atoms with Crippen molar-refractivity contribution in [2.45, 2.75) is 37.5 Å². The molecule has 0 saturated heterocycles. The molecule has 1 fully saturated rings. The van der Waals surface area contributed by atoms with Crippen LogP contribution in [0, 0.1) is 11.8 Å². The first-order valence-electron chi connectivity index (χ1n) is 25.6. The predicted octanol–water partition coefficient (Wildman–Crippen LogP) is 16.7. The Labute approximate surface area is 423 Å². The van der Waals surface area contributed by atoms with Crippen LogP contribution in [0.5, 0.6) is 0 Å². The minimum absolute atomic E-state index is 0.311. The van der Waals surface area contributed by atoms with Gasteiger partial charge in [0, 0.05) is 46.8 Å². The monoisotopic (exact) mass is 923 g/mol. The van der Waals surface area contributed by atoms with Crippen molar-refractivity contribution in [1.82, 2.24) is 15.0 Å². The fraction of sp³-hybridized carbons (Fsp3) is 0.116. The number of nitrogens with zero attached hydrogens (tertiary/aromatic N) is 3. The number of hydrogen-bond donors (Lipinski definition) is 0. The van der Waals surface area contributed by atoms with E-state index in [-0.39, 0.29) is 0 Å². The Hall–Kier alpha value is -8.53. The molecular weight excluding hydrogens is 871 g/mol. The van der Waals surface area contributed by atoms with Crippen molar-refractivity contribution in [3.05, 3.63) is 283 Å². The second-order valence-corrected chi connectivity index (χ2v) is 19.8. The van der Waals surface area contributed by atoms with Crippen molar-refractivity contribution in [2.24, 2.45) is 11.8 Å². The van der Waals surface area contributed by atoms with E-state index in [9.17, 15) is 0 Å². The summed E-state index contributed by atoms with van der Waals surface area (Å²) >= 11 is 0. The van der Waals surface area contributed by atoms with Crippen LogP contribution in [-0.4, -0.2) is 15.0 Å². The van der Waals surface area contributed by atoms with Crippen LogP contribution in [0.2, 0.25) is 0 Å². The lowest BCUT2D eigenvalue weighted by Gasteiger charge is -2.18. The Bertz CT molecular complexity index is 3490. The molecule has 3 heterocycles. The lowest BCUT2D eigenvalue weighted by molar-refractivity contribution is 0.923. The maximum Gasteiger partial charge on any atom is 0.0708 e. The van der Waals surface area contributed by atoms with E-state index >= 15 is 0 Å². The number of benzene rings is 7. The van der Waals surface area contributed by atoms with Gasteiger partial charge in [-0.2, -0.15) is 0 Å². The standard InChI is InChI=1S/C69H53N3/c1-4-12-50(13-5-1)51-26-28-52(29-27-51)64-42-68(56-32-35-62-63(41-56)53-30-33-60-61(34-31-53)69(60)62)72-45-65(64)59-19-11-10-18-58(59)57-39-48(22-20-46-24-36-66(70-43-46)54-14-6-2-7-15-54)38-49(40-57)23-21-47-25-37-67(71-44-47)55-16-8-3-9-17-55/h1-19,24-45,53,60-61,69H,20-23H2. The zero-order valence-electron chi connectivity index (χ0n) is 40.2. The maximum atomic E-state index is 5.34. The van der Waals surface area contributed by atoms with Gasteiger partial charge in [0.15, 0.2) is 0 Å². The SMILES string of the molecule is C1=CC2C3C=CC1c1cc(-c4cc(-c5ccc(-c6ccccc6)cc5)c(-c5ccccc5-c5cc(CCc6ccc(-c7ccccc7)nc6)cc(CCc6ccc(-c7ccccc7)nc6)c5)cn4)ccc1C23. The molecule has 10 aromatic rings. The normalized spacial score (nSPS) is 17.0. The Morgan fingerprint density at radius 2 is 0.778 bits per heavy atom. The minimum atomic E-state index is 0.311. The fourth-order valence-corrected chi connectivity index (χ4v) is 11.4. The lowest BCUT2D eigenvalue weighted by atomic mass is 9.87. The summed E-state index contributed by atoms with van der Waals surface area (Å²) in [6.07, 6.45) is 19.6. The van der Waals surface area contributed by atoms with Gasteiger partial charge in [-0.25, -0.2) is 0 Å². The van der Waals surface area contributed by atoms with Gasteiger partial charge in [0.1, 0.15) is 0 Å². The minimum Gasteiger partial charge on any atom is -0.256 e. The van der Waals surface area contributed by atoms with Gasteiger partial charge in [0.25, 0.3) is 0 Å². The molecule has 4 aliphatic carbocycles. The predicted molar refractivity (Wildman–Crippen MR) is 296 cm³/mol. The molecule has 3 aromatic heterocycles. The van der Waals surface area contributed by atoms with Gasteiger partial charge in [0.05, 0.1) is 17.1 Å². The largest absolute Gasteiger partial charge is 0.256 e. The van der Waals surface area contributed by atoms with E-state index in [4.69, 9.17) is 15.0 Å². The van der Waals surface area contributed by atoms with Gasteiger partial charge in [0.2, 0.25) is 0 Å². The van der Waals surface area contributed by atoms with Gasteiger partial charge < -0.3 is 0 Å². The number of aromatic nitrogens is 3. The van der Waals surface area contributed by atoms with Crippen LogP contribution in [0.3, 0.4) is 0 Å². The quantitative estimate of drug-likeness (QED) is 0.108. The third-order valence-electron chi connectivity index (χ3n) is 15.3. The molecule has 0 aliphatic heterocycles. The van der Waals surface area contributed by atoms with Crippen LogP contribution >= 0.6 is 0 Å². The average Bonchev–Trinajstić information content (AvgIpc) is 4.25. The van der Waals surface area contributed by atoms with Crippen LogP contribution in [-0.2, 0) is 25.7 Å². The number of pyridine rings is 3. The molecule has 4 aliphatic rings. The highest BCUT2D eigenvalue weighted by atomic mass is 14.7. The van der Waals surface area contributed by atoms with Crippen molar-refractivity contribution in [2.75, 3.05) is 0 Å². The summed E-state index contributed by atoms with van der Waals surface area (Å²) in [5.41, 5.74) is 23.8. The number of aryl methyl sites for hydroxylation is 4. The van der Waals surface area contributed by atoms with Crippen LogP contribution in [0.15, 0.2) is 249 Å². The molecule has 3 heteroatoms. The summed E-state index contributed by atoms with van der Waals surface area (Å²) < 4.78 is 0. The molecule has 0 N–H and O–H groups in total. The Morgan fingerprint density at radius 3 is 1.36 bits per heavy atom. The molecule has 2 unspecified atom stereocenters. The first kappa shape index (κ1) is 43.5. The van der Waals surface area contributed by atoms with Crippen LogP contribution in [0.1, 0.15) is 45.2 Å². The van der Waals surface area contributed by atoms with Crippen molar-refractivity contribution in [3.8, 4) is 78.3 Å². The van der Waals surface area contributed by atoms with Gasteiger partial charge in [-0.05, 0) is 140 Å². The number of allylic oxidation sites excluding steroid dienone is 4. The maximum absolute atomic E-state index is 5.34. The van der Waals surface area contributed by atoms with Gasteiger partial charge >= 0.3 is 0 Å². The molecule has 0 radical (unpaired) electrons. The van der Waals surface area contributed by atoms with Gasteiger partial charge in [-0.15, -0.1) is 0 Å². The first-order chi connectivity index (χ1) is 35.6. The van der Waals surface area contributed by atoms with Gasteiger partial charge in [-0.1, -0.05) is 206 Å². The summed E-state index contributed by atoms with van der Waals surface area (Å²) in [6.45, 7) is 0. The summed E-state index contributed by atoms with van der Waals surface area (Å²) in [5, 5.41) is 0. The van der Waals surface area contributed by atoms with E-state index in [0.29, 0.717) is 23.7 Å². The van der Waals surface area contributed by atoms with Crippen LogP contribution in [0.25, 0.3) is 78.3 Å². The van der Waals surface area contributed by atoms with Crippen LogP contribution in [0.4, 0.5) is 0 Å². The van der Waals surface area contributed by atoms with E-state index in [1.807, 2.05) is 24.5 Å². The summed E-state index contributed by atoms with van der Waals surface area (Å²) in [6, 6.07) is 75.0. The molecule has 0 amide bonds. The van der Waals surface area contributed by atoms with Crippen molar-refractivity contribution >= 4 is 0 Å². The molecule has 344 valence electrons. The average molecular weight is 924 g/mol. The topological polar surface area (TPSA) is 38.7 Å². The molecule has 0 spiro atoms. The Kier molecular flexibility index (Phi) is 11.5. The van der Waals surface area contributed by atoms with Crippen molar-refractivity contribution < 1.29 is 0 Å². The molecule has 2 atom stereocenters. The molecule has 1 saturated carbocycles. The van der Waals surface area contributed by atoms with Crippen molar-refractivity contribution in [1.29, 1.82) is 0 Å². The first-order valence-corrected chi connectivity index (χ1v) is 25.6. The molecule has 4 bridgehead atoms. The molecule has 72 heavy (non-hydrogen) atoms. The number of rotatable bonds is 13. The fourth-order valence-electron chi connectivity index (χ4n) is 11.4. The second kappa shape index (κ2) is 19.0. The highest BCUT2D eigenvalue weighted by molar-refractivity contribution is 5.93. The van der Waals surface area contributed by atoms with Gasteiger partial charge in [-0.3, -0.25) is 15.0 Å². The Balaban J connectivity index is 0.875. The number of hydrogen-bond acceptors (Lipinski definition) is 3. The summed E-state index contributed by atoms with van der Waals surface area (Å²) in [4.78, 5) is 15.1. The third-order valence-corrected chi connectivity index (χ3v) is 15.3. The van der Waals surface area contributed by atoms with E-state index < -0.39 is 0 Å². The lowest BCUT2D eigenvalue weighted by Crippen LogP contribution is -1.99. The zero-order valence-corrected chi connectivity index (χ0v) is 40.2. The highest BCUT2D eigenvalue weighted by Gasteiger charge is 2.51. The third kappa shape index (κ3) is 8.73. The summed E-state index contributed by atoms with van der Waals surface area (Å²) in [5.74, 6) is 2.20. The van der Waals surface area contributed by atoms with E-state index in [1.54, 1.807) is 0 Å². The highest BCUT2D eigenvalue weighted by Crippen LogP contribution is 2.61. The summed E-state index contributed by atoms with van der Waals surface area (Å²) in [7, 11) is 0. The van der Waals surface area contributed by atoms with E-state index in [0.717, 1.165) is 76.1 Å². The molecular formula is C69H53N3. The zero-order chi connectivity index (χ0) is 47.8. The van der Waals surface area contributed by atoms with Crippen LogP contribution < -0.4 is 0 Å². The molecule has 3 nitrogen and oxygen atoms in total. The molecule has 7 aromatic carbocycles. The van der Waals surface area contributed by atoms with E-state index in [1.165, 1.54) is 61.2 Å². The molecule has 14 rings (SSSR count). The van der Waals surface area contributed by atoms with E-state index in [2.05, 4.69) is 225 Å². The smallest absolute Gasteiger partial charge is 0.0708 e. The van der Waals surface area contributed by atoms with Crippen molar-refractivity contribution in [3.63, 3.8) is 0 Å². The Morgan fingerprint density at radius 1 is 0.278 bits per heavy atom. The second-order valence-electron chi connectivity index (χ2n) is 19.8.